The summed E-state index contributed by atoms with van der Waals surface area (Å²) in [5, 5.41) is 32.4. The van der Waals surface area contributed by atoms with Gasteiger partial charge in [-0.15, -0.1) is 0 Å². The Morgan fingerprint density at radius 2 is 1.47 bits per heavy atom. The SMILES string of the molecule is CC[C@H](C)C(=O)O[C@H]1C[C@H](O)C=C2C=C[C@H](C)[C@H](CC[C@@H](O)C[C@@H](O)CC(=O)O[C@@H]3CC(=O)O[C@H](CC[C@H]4[C@H]5C(=C[C@@H](C)C[C@H]5OC(=O)C(C)(C)CC)C=C[C@H]4C)C3)[C@H]21. The van der Waals surface area contributed by atoms with Gasteiger partial charge in [-0.25, -0.2) is 0 Å². The van der Waals surface area contributed by atoms with Gasteiger partial charge in [0.25, 0.3) is 0 Å². The van der Waals surface area contributed by atoms with Crippen LogP contribution >= 0.6 is 0 Å². The fourth-order valence-electron chi connectivity index (χ4n) is 9.90. The zero-order chi connectivity index (χ0) is 43.2. The number of fused-ring (bicyclic) bond motifs is 2. The molecule has 0 amide bonds. The quantitative estimate of drug-likeness (QED) is 0.0982. The minimum absolute atomic E-state index is 0.0173. The standard InChI is InChI=1S/C48H72O11/c1-9-28(4)46(54)58-41-23-34(50)21-32-14-12-29(5)38(45(32)41)17-15-33(49)22-35(51)24-42(52)57-37-25-36(56-43(53)26-37)16-18-39-30(6)11-13-31-19-27(3)20-40(44(31)39)59-47(55)48(7,8)10-2/h11-14,19,21,27-30,33-41,44-45,49-51H,9-10,15-18,20,22-26H2,1-8H3/t27-,28+,29+,30-,33-,34-,35-,36-,37+,38+,39-,40-,41+,44-,45+/m1/s1. The highest BCUT2D eigenvalue weighted by molar-refractivity contribution is 5.76. The summed E-state index contributed by atoms with van der Waals surface area (Å²) in [4.78, 5) is 51.8. The molecule has 1 aliphatic heterocycles. The van der Waals surface area contributed by atoms with E-state index in [-0.39, 0.29) is 84.6 Å². The van der Waals surface area contributed by atoms with Crippen molar-refractivity contribution in [3.05, 3.63) is 47.6 Å². The molecule has 11 nitrogen and oxygen atoms in total. The van der Waals surface area contributed by atoms with Crippen molar-refractivity contribution < 1.29 is 53.4 Å². The number of hydrogen-bond acceptors (Lipinski definition) is 11. The van der Waals surface area contributed by atoms with Gasteiger partial charge in [0, 0.05) is 24.7 Å². The fourth-order valence-corrected chi connectivity index (χ4v) is 9.90. The lowest BCUT2D eigenvalue weighted by molar-refractivity contribution is -0.172. The van der Waals surface area contributed by atoms with Crippen LogP contribution in [0.3, 0.4) is 0 Å². The first kappa shape index (κ1) is 46.8. The van der Waals surface area contributed by atoms with E-state index < -0.39 is 54.0 Å². The molecule has 4 aliphatic carbocycles. The van der Waals surface area contributed by atoms with Gasteiger partial charge in [0.15, 0.2) is 0 Å². The van der Waals surface area contributed by atoms with Crippen molar-refractivity contribution in [2.45, 2.75) is 175 Å². The predicted molar refractivity (Wildman–Crippen MR) is 223 cm³/mol. The van der Waals surface area contributed by atoms with Crippen molar-refractivity contribution in [3.63, 3.8) is 0 Å². The Balaban J connectivity index is 1.11. The molecule has 0 bridgehead atoms. The Hall–Kier alpha value is -3.28. The number of cyclic esters (lactones) is 1. The van der Waals surface area contributed by atoms with Crippen molar-refractivity contribution in [2.75, 3.05) is 0 Å². The van der Waals surface area contributed by atoms with Crippen LogP contribution in [0.4, 0.5) is 0 Å². The molecule has 0 spiro atoms. The summed E-state index contributed by atoms with van der Waals surface area (Å²) in [6.45, 7) is 16.0. The maximum absolute atomic E-state index is 13.2. The summed E-state index contributed by atoms with van der Waals surface area (Å²) in [6, 6.07) is 0. The Morgan fingerprint density at radius 3 is 2.12 bits per heavy atom. The number of carbonyl (C=O) groups is 4. The zero-order valence-corrected chi connectivity index (χ0v) is 36.7. The molecule has 5 aliphatic rings. The van der Waals surface area contributed by atoms with Gasteiger partial charge in [-0.2, -0.15) is 0 Å². The molecular formula is C48H72O11. The summed E-state index contributed by atoms with van der Waals surface area (Å²) in [7, 11) is 0. The van der Waals surface area contributed by atoms with Crippen LogP contribution in [0, 0.1) is 52.8 Å². The molecule has 0 aromatic rings. The maximum Gasteiger partial charge on any atom is 0.311 e. The Kier molecular flexibility index (Phi) is 16.3. The number of aliphatic hydroxyl groups excluding tert-OH is 3. The van der Waals surface area contributed by atoms with Gasteiger partial charge in [-0.1, -0.05) is 78.0 Å². The lowest BCUT2D eigenvalue weighted by atomic mass is 9.65. The third kappa shape index (κ3) is 12.2. The molecule has 11 heteroatoms. The minimum Gasteiger partial charge on any atom is -0.462 e. The monoisotopic (exact) mass is 825 g/mol. The van der Waals surface area contributed by atoms with Crippen molar-refractivity contribution in [1.82, 2.24) is 0 Å². The van der Waals surface area contributed by atoms with E-state index in [1.54, 1.807) is 0 Å². The number of esters is 4. The molecule has 0 radical (unpaired) electrons. The van der Waals surface area contributed by atoms with Crippen LogP contribution in [0.5, 0.6) is 0 Å². The van der Waals surface area contributed by atoms with E-state index >= 15 is 0 Å². The molecule has 0 aromatic carbocycles. The lowest BCUT2D eigenvalue weighted by Crippen LogP contribution is -2.43. The van der Waals surface area contributed by atoms with Crippen LogP contribution < -0.4 is 0 Å². The minimum atomic E-state index is -1.14. The molecule has 1 fully saturated rings. The van der Waals surface area contributed by atoms with Gasteiger partial charge < -0.3 is 34.3 Å². The zero-order valence-electron chi connectivity index (χ0n) is 36.7. The number of hydrogen-bond donors (Lipinski definition) is 3. The second-order valence-electron chi connectivity index (χ2n) is 19.2. The van der Waals surface area contributed by atoms with E-state index in [1.165, 1.54) is 5.57 Å². The van der Waals surface area contributed by atoms with Crippen molar-refractivity contribution in [2.24, 2.45) is 52.8 Å². The van der Waals surface area contributed by atoms with Crippen LogP contribution in [-0.2, 0) is 38.1 Å². The Labute approximate surface area is 352 Å². The number of rotatable bonds is 17. The summed E-state index contributed by atoms with van der Waals surface area (Å²) in [5.74, 6) is -0.957. The fraction of sp³-hybridized carbons (Fsp3) is 0.750. The smallest absolute Gasteiger partial charge is 0.311 e. The summed E-state index contributed by atoms with van der Waals surface area (Å²) < 4.78 is 23.7. The molecule has 1 heterocycles. The molecule has 0 aromatic heterocycles. The molecule has 59 heavy (non-hydrogen) atoms. The summed E-state index contributed by atoms with van der Waals surface area (Å²) in [6.07, 6.45) is 12.7. The highest BCUT2D eigenvalue weighted by atomic mass is 16.6. The first-order chi connectivity index (χ1) is 27.9. The average molecular weight is 825 g/mol. The second kappa shape index (κ2) is 20.5. The molecule has 330 valence electrons. The molecule has 0 saturated carbocycles. The average Bonchev–Trinajstić information content (AvgIpc) is 3.16. The van der Waals surface area contributed by atoms with E-state index in [0.29, 0.717) is 44.9 Å². The van der Waals surface area contributed by atoms with Crippen LogP contribution in [-0.4, -0.2) is 81.9 Å². The van der Waals surface area contributed by atoms with Crippen LogP contribution in [0.2, 0.25) is 0 Å². The normalized spacial score (nSPS) is 34.5. The van der Waals surface area contributed by atoms with Gasteiger partial charge in [0.05, 0.1) is 42.5 Å². The van der Waals surface area contributed by atoms with Crippen LogP contribution in [0.15, 0.2) is 47.6 Å². The first-order valence-electron chi connectivity index (χ1n) is 22.5. The summed E-state index contributed by atoms with van der Waals surface area (Å²) >= 11 is 0. The van der Waals surface area contributed by atoms with E-state index in [1.807, 2.05) is 46.8 Å². The molecule has 0 unspecified atom stereocenters. The van der Waals surface area contributed by atoms with Crippen molar-refractivity contribution >= 4 is 23.9 Å². The number of carbonyl (C=O) groups excluding carboxylic acids is 4. The van der Waals surface area contributed by atoms with Crippen LogP contribution in [0.1, 0.15) is 132 Å². The Bertz CT molecular complexity index is 1610. The topological polar surface area (TPSA) is 166 Å². The number of ether oxygens (including phenoxy) is 4. The number of aliphatic hydroxyl groups is 3. The second-order valence-corrected chi connectivity index (χ2v) is 19.2. The molecule has 15 atom stereocenters. The molecular weight excluding hydrogens is 753 g/mol. The Morgan fingerprint density at radius 1 is 0.847 bits per heavy atom. The van der Waals surface area contributed by atoms with E-state index in [4.69, 9.17) is 18.9 Å². The maximum atomic E-state index is 13.2. The highest BCUT2D eigenvalue weighted by Crippen LogP contribution is 2.47. The van der Waals surface area contributed by atoms with Crippen molar-refractivity contribution in [1.29, 1.82) is 0 Å². The van der Waals surface area contributed by atoms with Gasteiger partial charge >= 0.3 is 23.9 Å². The van der Waals surface area contributed by atoms with E-state index in [0.717, 1.165) is 18.4 Å². The van der Waals surface area contributed by atoms with Gasteiger partial charge in [-0.3, -0.25) is 19.2 Å². The van der Waals surface area contributed by atoms with Gasteiger partial charge in [0.2, 0.25) is 0 Å². The van der Waals surface area contributed by atoms with Crippen LogP contribution in [0.25, 0.3) is 0 Å². The first-order valence-corrected chi connectivity index (χ1v) is 22.5. The third-order valence-electron chi connectivity index (χ3n) is 14.1. The highest BCUT2D eigenvalue weighted by Gasteiger charge is 2.45. The molecule has 3 N–H and O–H groups in total. The number of allylic oxidation sites excluding steroid dienone is 5. The lowest BCUT2D eigenvalue weighted by Gasteiger charge is -2.44. The van der Waals surface area contributed by atoms with Gasteiger partial charge in [0.1, 0.15) is 24.4 Å². The van der Waals surface area contributed by atoms with Crippen molar-refractivity contribution in [3.8, 4) is 0 Å². The predicted octanol–water partition coefficient (Wildman–Crippen LogP) is 7.51. The third-order valence-corrected chi connectivity index (χ3v) is 14.1. The van der Waals surface area contributed by atoms with Gasteiger partial charge in [-0.05, 0) is 106 Å². The molecule has 1 saturated heterocycles. The largest absolute Gasteiger partial charge is 0.462 e. The summed E-state index contributed by atoms with van der Waals surface area (Å²) in [5.41, 5.74) is 1.57. The van der Waals surface area contributed by atoms with E-state index in [2.05, 4.69) is 45.1 Å². The molecule has 5 rings (SSSR count). The van der Waals surface area contributed by atoms with E-state index in [9.17, 15) is 34.5 Å².